The highest BCUT2D eigenvalue weighted by Gasteiger charge is 2.42. The normalized spacial score (nSPS) is 22.1. The summed E-state index contributed by atoms with van der Waals surface area (Å²) in [6.45, 7) is 7.23. The van der Waals surface area contributed by atoms with Gasteiger partial charge in [-0.2, -0.15) is 4.98 Å². The van der Waals surface area contributed by atoms with Crippen molar-refractivity contribution in [2.24, 2.45) is 11.8 Å². The van der Waals surface area contributed by atoms with Gasteiger partial charge in [-0.1, -0.05) is 27.2 Å². The molecular formula is C27H37N5O7S. The minimum Gasteiger partial charge on any atom is -0.469 e. The summed E-state index contributed by atoms with van der Waals surface area (Å²) in [5.74, 6) is 0.479. The number of ether oxygens (including phenoxy) is 2. The van der Waals surface area contributed by atoms with E-state index in [2.05, 4.69) is 36.1 Å². The number of nitro groups is 1. The van der Waals surface area contributed by atoms with Crippen molar-refractivity contribution in [3.8, 4) is 5.88 Å². The molecule has 218 valence electrons. The van der Waals surface area contributed by atoms with Gasteiger partial charge in [-0.3, -0.25) is 10.1 Å². The number of amides is 1. The van der Waals surface area contributed by atoms with E-state index in [-0.39, 0.29) is 34.7 Å². The summed E-state index contributed by atoms with van der Waals surface area (Å²) in [7, 11) is -3.38. The van der Waals surface area contributed by atoms with Crippen molar-refractivity contribution in [3.05, 3.63) is 40.7 Å². The number of nitrogens with zero attached hydrogens (tertiary/aromatic N) is 4. The summed E-state index contributed by atoms with van der Waals surface area (Å²) in [5.41, 5.74) is -0.460. The summed E-state index contributed by atoms with van der Waals surface area (Å²) in [6.07, 6.45) is 6.44. The predicted molar refractivity (Wildman–Crippen MR) is 148 cm³/mol. The zero-order chi connectivity index (χ0) is 29.1. The summed E-state index contributed by atoms with van der Waals surface area (Å²) in [4.78, 5) is 34.3. The molecule has 1 aromatic heterocycles. The highest BCUT2D eigenvalue weighted by molar-refractivity contribution is 7.90. The van der Waals surface area contributed by atoms with Gasteiger partial charge in [-0.05, 0) is 55.4 Å². The van der Waals surface area contributed by atoms with Crippen molar-refractivity contribution in [1.82, 2.24) is 14.9 Å². The van der Waals surface area contributed by atoms with E-state index < -0.39 is 26.0 Å². The first-order chi connectivity index (χ1) is 18.9. The zero-order valence-electron chi connectivity index (χ0n) is 23.3. The number of hydrogen-bond acceptors (Lipinski definition) is 10. The number of aromatic nitrogens is 2. The van der Waals surface area contributed by atoms with E-state index >= 15 is 0 Å². The van der Waals surface area contributed by atoms with Crippen molar-refractivity contribution in [2.45, 2.75) is 75.9 Å². The number of piperidine rings is 1. The molecule has 1 N–H and O–H groups in total. The minimum atomic E-state index is -3.38. The molecule has 2 aromatic rings. The molecule has 1 amide bonds. The standard InChI is InChI=1S/C27H37N5O7S/c1-18(2)27(13-5-6-19(3)16-27)39-26(33)31-14-11-21(12-15-31)38-25-23(32(34)35)24(28-17-29-25)30-20-7-9-22(10-8-20)40(4,36)37/h7-10,17-19,21H,5-6,11-16H2,1-4H3,(H,28,29,30). The lowest BCUT2D eigenvalue weighted by Crippen LogP contribution is -2.49. The molecule has 0 radical (unpaired) electrons. The Morgan fingerprint density at radius 1 is 1.18 bits per heavy atom. The average Bonchev–Trinajstić information content (AvgIpc) is 2.89. The van der Waals surface area contributed by atoms with Crippen molar-refractivity contribution >= 4 is 33.1 Å². The Hall–Kier alpha value is -3.48. The van der Waals surface area contributed by atoms with E-state index in [1.165, 1.54) is 30.6 Å². The predicted octanol–water partition coefficient (Wildman–Crippen LogP) is 5.12. The summed E-state index contributed by atoms with van der Waals surface area (Å²) in [5, 5.41) is 14.8. The van der Waals surface area contributed by atoms with Crippen LogP contribution >= 0.6 is 0 Å². The van der Waals surface area contributed by atoms with Crippen molar-refractivity contribution in [2.75, 3.05) is 24.7 Å². The van der Waals surface area contributed by atoms with Crippen LogP contribution in [-0.2, 0) is 14.6 Å². The number of rotatable bonds is 8. The Kier molecular flexibility index (Phi) is 8.81. The van der Waals surface area contributed by atoms with E-state index in [9.17, 15) is 23.3 Å². The second-order valence-electron chi connectivity index (χ2n) is 11.1. The number of carbonyl (C=O) groups is 1. The molecule has 2 aliphatic rings. The molecule has 4 rings (SSSR count). The monoisotopic (exact) mass is 575 g/mol. The second-order valence-corrected chi connectivity index (χ2v) is 13.2. The third-order valence-electron chi connectivity index (χ3n) is 7.83. The van der Waals surface area contributed by atoms with Crippen molar-refractivity contribution in [1.29, 1.82) is 0 Å². The van der Waals surface area contributed by atoms with Gasteiger partial charge in [0.15, 0.2) is 9.84 Å². The van der Waals surface area contributed by atoms with Gasteiger partial charge >= 0.3 is 11.8 Å². The lowest BCUT2D eigenvalue weighted by atomic mass is 9.73. The molecule has 12 nitrogen and oxygen atoms in total. The highest BCUT2D eigenvalue weighted by atomic mass is 32.2. The van der Waals surface area contributed by atoms with Gasteiger partial charge < -0.3 is 19.7 Å². The zero-order valence-corrected chi connectivity index (χ0v) is 24.1. The molecule has 13 heteroatoms. The third kappa shape index (κ3) is 6.80. The first-order valence-corrected chi connectivity index (χ1v) is 15.5. The molecule has 2 fully saturated rings. The van der Waals surface area contributed by atoms with Crippen LogP contribution in [0.1, 0.15) is 59.3 Å². The van der Waals surface area contributed by atoms with Gasteiger partial charge in [0.2, 0.25) is 5.82 Å². The Bertz CT molecular complexity index is 1330. The smallest absolute Gasteiger partial charge is 0.410 e. The lowest BCUT2D eigenvalue weighted by molar-refractivity contribution is -0.385. The maximum atomic E-state index is 13.1. The van der Waals surface area contributed by atoms with Crippen LogP contribution in [0.25, 0.3) is 0 Å². The Morgan fingerprint density at radius 2 is 1.85 bits per heavy atom. The van der Waals surface area contributed by atoms with E-state index in [0.717, 1.165) is 31.9 Å². The molecule has 2 heterocycles. The molecule has 1 saturated carbocycles. The van der Waals surface area contributed by atoms with E-state index in [1.54, 1.807) is 4.90 Å². The lowest BCUT2D eigenvalue weighted by Gasteiger charge is -2.44. The second kappa shape index (κ2) is 11.9. The molecule has 1 aliphatic heterocycles. The van der Waals surface area contributed by atoms with Crippen LogP contribution in [0.15, 0.2) is 35.5 Å². The van der Waals surface area contributed by atoms with Gasteiger partial charge in [-0.25, -0.2) is 18.2 Å². The number of anilines is 2. The van der Waals surface area contributed by atoms with Gasteiger partial charge in [-0.15, -0.1) is 0 Å². The SMILES string of the molecule is CC1CCCC(OC(=O)N2CCC(Oc3ncnc(Nc4ccc(S(C)(=O)=O)cc4)c3[N+](=O)[O-])CC2)(C(C)C)C1. The van der Waals surface area contributed by atoms with Crippen LogP contribution in [0.2, 0.25) is 0 Å². The Labute approximate surface area is 234 Å². The maximum absolute atomic E-state index is 13.1. The first-order valence-electron chi connectivity index (χ1n) is 13.6. The van der Waals surface area contributed by atoms with Crippen LogP contribution in [0.4, 0.5) is 22.0 Å². The van der Waals surface area contributed by atoms with E-state index in [4.69, 9.17) is 9.47 Å². The number of carbonyl (C=O) groups excluding carboxylic acids is 1. The number of nitrogens with one attached hydrogen (secondary N) is 1. The first kappa shape index (κ1) is 29.5. The van der Waals surface area contributed by atoms with E-state index in [1.807, 2.05) is 0 Å². The fraction of sp³-hybridized carbons (Fsp3) is 0.593. The van der Waals surface area contributed by atoms with Crippen LogP contribution in [0, 0.1) is 22.0 Å². The molecule has 0 spiro atoms. The average molecular weight is 576 g/mol. The highest BCUT2D eigenvalue weighted by Crippen LogP contribution is 2.41. The van der Waals surface area contributed by atoms with Gasteiger partial charge in [0.25, 0.3) is 5.88 Å². The van der Waals surface area contributed by atoms with Crippen LogP contribution < -0.4 is 10.1 Å². The molecule has 0 bridgehead atoms. The van der Waals surface area contributed by atoms with Gasteiger partial charge in [0.05, 0.1) is 9.82 Å². The minimum absolute atomic E-state index is 0.0798. The van der Waals surface area contributed by atoms with Crippen LogP contribution in [0.3, 0.4) is 0 Å². The largest absolute Gasteiger partial charge is 0.469 e. The Balaban J connectivity index is 1.40. The third-order valence-corrected chi connectivity index (χ3v) is 8.96. The van der Waals surface area contributed by atoms with E-state index in [0.29, 0.717) is 37.5 Å². The Morgan fingerprint density at radius 3 is 2.42 bits per heavy atom. The molecule has 2 unspecified atom stereocenters. The molecular weight excluding hydrogens is 538 g/mol. The fourth-order valence-corrected chi connectivity index (χ4v) is 6.09. The number of hydrogen-bond donors (Lipinski definition) is 1. The van der Waals surface area contributed by atoms with Crippen LogP contribution in [-0.4, -0.2) is 65.4 Å². The fourth-order valence-electron chi connectivity index (χ4n) is 5.46. The summed E-state index contributed by atoms with van der Waals surface area (Å²) < 4.78 is 35.5. The maximum Gasteiger partial charge on any atom is 0.410 e. The topological polar surface area (TPSA) is 154 Å². The van der Waals surface area contributed by atoms with Gasteiger partial charge in [0.1, 0.15) is 18.0 Å². The number of sulfone groups is 1. The summed E-state index contributed by atoms with van der Waals surface area (Å²) >= 11 is 0. The quantitative estimate of drug-likeness (QED) is 0.331. The van der Waals surface area contributed by atoms with Gasteiger partial charge in [0, 0.05) is 37.9 Å². The molecule has 1 aromatic carbocycles. The number of likely N-dealkylation sites (tertiary alicyclic amines) is 1. The molecule has 1 saturated heterocycles. The molecule has 40 heavy (non-hydrogen) atoms. The molecule has 1 aliphatic carbocycles. The van der Waals surface area contributed by atoms with Crippen LogP contribution in [0.5, 0.6) is 5.88 Å². The molecule has 2 atom stereocenters. The summed E-state index contributed by atoms with van der Waals surface area (Å²) in [6, 6.07) is 5.79. The van der Waals surface area contributed by atoms with Crippen molar-refractivity contribution < 1.29 is 27.6 Å². The number of benzene rings is 1. The van der Waals surface area contributed by atoms with Crippen molar-refractivity contribution in [3.63, 3.8) is 0 Å².